The summed E-state index contributed by atoms with van der Waals surface area (Å²) in [5.74, 6) is -1.40. The molecule has 0 spiro atoms. The lowest BCUT2D eigenvalue weighted by Crippen LogP contribution is -2.08. The number of nitrogens with two attached hydrogens (primary N) is 1. The minimum atomic E-state index is -0.912. The van der Waals surface area contributed by atoms with Crippen molar-refractivity contribution in [1.82, 2.24) is 0 Å². The molecule has 1 rings (SSSR count). The number of hydrogen-bond acceptors (Lipinski definition) is 1. The highest BCUT2D eigenvalue weighted by molar-refractivity contribution is 5.82. The van der Waals surface area contributed by atoms with E-state index in [-0.39, 0.29) is 0 Å². The normalized spacial score (nSPS) is 11.8. The van der Waals surface area contributed by atoms with Gasteiger partial charge in [0, 0.05) is 12.5 Å². The van der Waals surface area contributed by atoms with Gasteiger partial charge in [0.1, 0.15) is 0 Å². The largest absolute Gasteiger partial charge is 0.387 e. The minimum absolute atomic E-state index is 0.332. The lowest BCUT2D eigenvalue weighted by molar-refractivity contribution is 0.509. The molecule has 0 atom stereocenters. The summed E-state index contributed by atoms with van der Waals surface area (Å²) in [6.45, 7) is 1.83. The molecule has 0 saturated carbocycles. The van der Waals surface area contributed by atoms with Crippen LogP contribution in [0, 0.1) is 11.6 Å². The molecule has 4 heteroatoms. The summed E-state index contributed by atoms with van der Waals surface area (Å²) < 4.78 is 25.1. The zero-order valence-corrected chi connectivity index (χ0v) is 7.22. The predicted molar refractivity (Wildman–Crippen MR) is 47.9 cm³/mol. The van der Waals surface area contributed by atoms with Crippen molar-refractivity contribution in [2.75, 3.05) is 0 Å². The van der Waals surface area contributed by atoms with Gasteiger partial charge in [0.05, 0.1) is 11.5 Å². The van der Waals surface area contributed by atoms with E-state index in [0.29, 0.717) is 17.9 Å². The van der Waals surface area contributed by atoms with Crippen LogP contribution in [0.2, 0.25) is 0 Å². The molecule has 1 aromatic carbocycles. The molecule has 0 heterocycles. The van der Waals surface area contributed by atoms with Crippen LogP contribution >= 0.6 is 0 Å². The van der Waals surface area contributed by atoms with Gasteiger partial charge in [0.25, 0.3) is 0 Å². The maximum absolute atomic E-state index is 12.6. The minimum Gasteiger partial charge on any atom is -0.387 e. The van der Waals surface area contributed by atoms with Crippen LogP contribution in [0.15, 0.2) is 23.2 Å². The fourth-order valence-electron chi connectivity index (χ4n) is 0.799. The molecule has 13 heavy (non-hydrogen) atoms. The lowest BCUT2D eigenvalue weighted by atomic mass is 10.3. The molecule has 0 fully saturated rings. The van der Waals surface area contributed by atoms with E-state index in [1.165, 1.54) is 6.07 Å². The molecule has 0 aliphatic rings. The molecule has 2 nitrogen and oxygen atoms in total. The molecule has 0 aromatic heterocycles. The molecule has 1 aromatic rings. The van der Waals surface area contributed by atoms with E-state index < -0.39 is 11.6 Å². The Bertz CT molecular complexity index is 334. The molecular weight excluding hydrogens is 174 g/mol. The van der Waals surface area contributed by atoms with Crippen molar-refractivity contribution in [3.8, 4) is 0 Å². The van der Waals surface area contributed by atoms with Gasteiger partial charge in [-0.3, -0.25) is 0 Å². The number of hydrogen-bond donors (Lipinski definition) is 1. The molecule has 2 N–H and O–H groups in total. The molecule has 0 aliphatic heterocycles. The predicted octanol–water partition coefficient (Wildman–Crippen LogP) is 2.36. The van der Waals surface area contributed by atoms with E-state index >= 15 is 0 Å². The van der Waals surface area contributed by atoms with Crippen LogP contribution in [0.5, 0.6) is 0 Å². The zero-order chi connectivity index (χ0) is 9.84. The third-order valence-electron chi connectivity index (χ3n) is 1.54. The Hall–Kier alpha value is -1.45. The molecule has 70 valence electrons. The highest BCUT2D eigenvalue weighted by Gasteiger charge is 2.01. The van der Waals surface area contributed by atoms with Gasteiger partial charge in [-0.25, -0.2) is 13.8 Å². The summed E-state index contributed by atoms with van der Waals surface area (Å²) in [6, 6.07) is 3.41. The first-order chi connectivity index (χ1) is 6.13. The number of amidine groups is 1. The molecule has 0 unspecified atom stereocenters. The van der Waals surface area contributed by atoms with Gasteiger partial charge in [-0.15, -0.1) is 0 Å². The highest BCUT2D eigenvalue weighted by Crippen LogP contribution is 2.15. The van der Waals surface area contributed by atoms with Crippen molar-refractivity contribution < 1.29 is 8.78 Å². The fourth-order valence-corrected chi connectivity index (χ4v) is 0.799. The standard InChI is InChI=1S/C9H10F2N2/c1-2-9(12)13-6-3-4-7(10)8(11)5-6/h3-5H,2H2,1H3,(H2,12,13). The van der Waals surface area contributed by atoms with Gasteiger partial charge in [-0.05, 0) is 12.1 Å². The summed E-state index contributed by atoms with van der Waals surface area (Å²) in [6.07, 6.45) is 0.582. The Morgan fingerprint density at radius 2 is 2.08 bits per heavy atom. The van der Waals surface area contributed by atoms with Crippen molar-refractivity contribution in [2.24, 2.45) is 10.7 Å². The summed E-state index contributed by atoms with van der Waals surface area (Å²) in [7, 11) is 0. The molecule has 0 bridgehead atoms. The van der Waals surface area contributed by atoms with Crippen LogP contribution in [-0.4, -0.2) is 5.84 Å². The van der Waals surface area contributed by atoms with Crippen molar-refractivity contribution in [3.63, 3.8) is 0 Å². The lowest BCUT2D eigenvalue weighted by Gasteiger charge is -1.97. The van der Waals surface area contributed by atoms with Gasteiger partial charge in [-0.2, -0.15) is 0 Å². The summed E-state index contributed by atoms with van der Waals surface area (Å²) >= 11 is 0. The monoisotopic (exact) mass is 184 g/mol. The van der Waals surface area contributed by atoms with E-state index in [1.807, 2.05) is 6.92 Å². The third-order valence-corrected chi connectivity index (χ3v) is 1.54. The number of halogens is 2. The highest BCUT2D eigenvalue weighted by atomic mass is 19.2. The second kappa shape index (κ2) is 3.98. The molecule has 0 aliphatic carbocycles. The molecule has 0 saturated heterocycles. The first-order valence-electron chi connectivity index (χ1n) is 3.91. The van der Waals surface area contributed by atoms with Gasteiger partial charge >= 0.3 is 0 Å². The van der Waals surface area contributed by atoms with E-state index in [2.05, 4.69) is 4.99 Å². The second-order valence-electron chi connectivity index (χ2n) is 2.56. The SMILES string of the molecule is CCC(N)=Nc1ccc(F)c(F)c1. The van der Waals surface area contributed by atoms with E-state index in [9.17, 15) is 8.78 Å². The Balaban J connectivity index is 2.98. The van der Waals surface area contributed by atoms with Gasteiger partial charge in [-0.1, -0.05) is 6.92 Å². The zero-order valence-electron chi connectivity index (χ0n) is 7.22. The van der Waals surface area contributed by atoms with Gasteiger partial charge in [0.2, 0.25) is 0 Å². The van der Waals surface area contributed by atoms with Gasteiger partial charge in [0.15, 0.2) is 11.6 Å². The first kappa shape index (κ1) is 9.64. The Labute approximate surface area is 75.1 Å². The topological polar surface area (TPSA) is 38.4 Å². The number of benzene rings is 1. The smallest absolute Gasteiger partial charge is 0.160 e. The third kappa shape index (κ3) is 2.50. The Kier molecular flexibility index (Phi) is 2.95. The Morgan fingerprint density at radius 3 is 2.62 bits per heavy atom. The molecular formula is C9H10F2N2. The van der Waals surface area contributed by atoms with Crippen molar-refractivity contribution in [3.05, 3.63) is 29.8 Å². The first-order valence-corrected chi connectivity index (χ1v) is 3.91. The van der Waals surface area contributed by atoms with Crippen LogP contribution < -0.4 is 5.73 Å². The summed E-state index contributed by atoms with van der Waals surface area (Å²) in [4.78, 5) is 3.87. The van der Waals surface area contributed by atoms with Crippen molar-refractivity contribution >= 4 is 11.5 Å². The van der Waals surface area contributed by atoms with E-state index in [0.717, 1.165) is 12.1 Å². The Morgan fingerprint density at radius 1 is 1.38 bits per heavy atom. The van der Waals surface area contributed by atoms with E-state index in [4.69, 9.17) is 5.73 Å². The van der Waals surface area contributed by atoms with Crippen LogP contribution in [-0.2, 0) is 0 Å². The van der Waals surface area contributed by atoms with Crippen LogP contribution in [0.1, 0.15) is 13.3 Å². The maximum atomic E-state index is 12.6. The number of nitrogens with zero attached hydrogens (tertiary/aromatic N) is 1. The second-order valence-corrected chi connectivity index (χ2v) is 2.56. The van der Waals surface area contributed by atoms with Crippen LogP contribution in [0.25, 0.3) is 0 Å². The number of aliphatic imine (C=N–C) groups is 1. The number of rotatable bonds is 2. The maximum Gasteiger partial charge on any atom is 0.160 e. The van der Waals surface area contributed by atoms with Crippen molar-refractivity contribution in [1.29, 1.82) is 0 Å². The summed E-state index contributed by atoms with van der Waals surface area (Å²) in [5, 5.41) is 0. The van der Waals surface area contributed by atoms with E-state index in [1.54, 1.807) is 0 Å². The fraction of sp³-hybridized carbons (Fsp3) is 0.222. The molecule has 0 amide bonds. The molecule has 0 radical (unpaired) electrons. The summed E-state index contributed by atoms with van der Waals surface area (Å²) in [5.41, 5.74) is 5.76. The van der Waals surface area contributed by atoms with Crippen LogP contribution in [0.3, 0.4) is 0 Å². The van der Waals surface area contributed by atoms with Crippen LogP contribution in [0.4, 0.5) is 14.5 Å². The van der Waals surface area contributed by atoms with Gasteiger partial charge < -0.3 is 5.73 Å². The quantitative estimate of drug-likeness (QED) is 0.556. The average molecular weight is 184 g/mol. The van der Waals surface area contributed by atoms with Crippen molar-refractivity contribution in [2.45, 2.75) is 13.3 Å². The average Bonchev–Trinajstić information content (AvgIpc) is 2.11.